The number of hydrogen-bond donors (Lipinski definition) is 6. The van der Waals surface area contributed by atoms with Crippen LogP contribution in [0.5, 0.6) is 0 Å². The van der Waals surface area contributed by atoms with Gasteiger partial charge in [0, 0.05) is 6.42 Å². The van der Waals surface area contributed by atoms with Crippen LogP contribution in [0.1, 0.15) is 354 Å². The summed E-state index contributed by atoms with van der Waals surface area (Å²) in [6.07, 6.45) is 61.7. The molecule has 1 rings (SSSR count). The van der Waals surface area contributed by atoms with Gasteiger partial charge in [-0.1, -0.05) is 335 Å². The normalized spacial score (nSPS) is 18.8. The molecule has 1 fully saturated rings. The third-order valence-electron chi connectivity index (χ3n) is 16.5. The summed E-state index contributed by atoms with van der Waals surface area (Å²) >= 11 is 0. The molecule has 6 N–H and O–H groups in total. The van der Waals surface area contributed by atoms with E-state index in [1.54, 1.807) is 0 Å². The number of carbonyl (C=O) groups excluding carboxylic acids is 1. The van der Waals surface area contributed by atoms with Crippen LogP contribution in [0.2, 0.25) is 0 Å². The minimum atomic E-state index is -1.55. The first kappa shape index (κ1) is 71.2. The fourth-order valence-electron chi connectivity index (χ4n) is 11.2. The van der Waals surface area contributed by atoms with Gasteiger partial charge >= 0.3 is 0 Å². The second-order valence-corrected chi connectivity index (χ2v) is 23.6. The Balaban J connectivity index is 2.06. The Morgan fingerprint density at radius 1 is 0.405 bits per heavy atom. The van der Waals surface area contributed by atoms with Crippen LogP contribution < -0.4 is 5.32 Å². The number of nitrogens with one attached hydrogen (secondary N) is 1. The second kappa shape index (κ2) is 55.5. The quantitative estimate of drug-likeness (QED) is 0.0330. The molecule has 1 aliphatic heterocycles. The molecule has 442 valence electrons. The standard InChI is InChI=1S/C65H129NO8/c1-3-5-7-9-11-13-15-17-19-21-22-23-24-25-26-27-28-29-30-31-32-33-34-35-36-37-39-41-43-45-47-49-51-53-55-61(69)66-58(57-73-65-64(72)63(71)62(70)60(56-67)74-65)59(68)54-52-50-48-46-44-42-40-38-20-18-16-14-12-10-8-6-4-2/h58-60,62-65,67-68,70-72H,3-57H2,1-2H3,(H,66,69). The molecule has 0 aliphatic carbocycles. The first-order chi connectivity index (χ1) is 36.3. The van der Waals surface area contributed by atoms with Gasteiger partial charge in [-0.15, -0.1) is 0 Å². The Bertz CT molecular complexity index is 1130. The molecule has 0 aromatic heterocycles. The van der Waals surface area contributed by atoms with Gasteiger partial charge in [-0.2, -0.15) is 0 Å². The molecule has 1 aliphatic rings. The average Bonchev–Trinajstić information content (AvgIpc) is 3.40. The van der Waals surface area contributed by atoms with Crippen molar-refractivity contribution in [2.24, 2.45) is 0 Å². The molecule has 0 bridgehead atoms. The van der Waals surface area contributed by atoms with E-state index in [0.717, 1.165) is 38.5 Å². The van der Waals surface area contributed by atoms with Crippen LogP contribution >= 0.6 is 0 Å². The number of amides is 1. The number of aliphatic hydroxyl groups excluding tert-OH is 5. The zero-order chi connectivity index (χ0) is 53.6. The maximum Gasteiger partial charge on any atom is 0.220 e. The van der Waals surface area contributed by atoms with Gasteiger partial charge < -0.3 is 40.3 Å². The number of unbranched alkanes of at least 4 members (excludes halogenated alkanes) is 49. The molecule has 9 nitrogen and oxygen atoms in total. The van der Waals surface area contributed by atoms with E-state index >= 15 is 0 Å². The molecule has 1 amide bonds. The third kappa shape index (κ3) is 44.1. The van der Waals surface area contributed by atoms with Crippen LogP contribution in [-0.2, 0) is 14.3 Å². The van der Waals surface area contributed by atoms with Gasteiger partial charge in [0.1, 0.15) is 24.4 Å². The molecule has 74 heavy (non-hydrogen) atoms. The first-order valence-electron chi connectivity index (χ1n) is 33.2. The zero-order valence-corrected chi connectivity index (χ0v) is 49.4. The molecule has 7 atom stereocenters. The SMILES string of the molecule is CCCCCCCCCCCCCCCCCCCCCCCCCCCCCCCCCCCCC(=O)NC(COC1OC(CO)C(O)C(O)C1O)C(O)CCCCCCCCCCCCCCCCCCC. The van der Waals surface area contributed by atoms with E-state index in [0.29, 0.717) is 12.8 Å². The van der Waals surface area contributed by atoms with E-state index in [9.17, 15) is 30.3 Å². The highest BCUT2D eigenvalue weighted by molar-refractivity contribution is 5.76. The van der Waals surface area contributed by atoms with Crippen LogP contribution in [0.25, 0.3) is 0 Å². The van der Waals surface area contributed by atoms with Gasteiger partial charge in [0.15, 0.2) is 6.29 Å². The van der Waals surface area contributed by atoms with Crippen molar-refractivity contribution in [1.29, 1.82) is 0 Å². The molecule has 7 unspecified atom stereocenters. The molecule has 1 saturated heterocycles. The van der Waals surface area contributed by atoms with Crippen LogP contribution in [0.15, 0.2) is 0 Å². The van der Waals surface area contributed by atoms with E-state index in [4.69, 9.17) is 9.47 Å². The Labute approximate surface area is 459 Å². The van der Waals surface area contributed by atoms with Crippen LogP contribution in [0.3, 0.4) is 0 Å². The lowest BCUT2D eigenvalue weighted by atomic mass is 9.99. The van der Waals surface area contributed by atoms with Gasteiger partial charge in [0.25, 0.3) is 0 Å². The summed E-state index contributed by atoms with van der Waals surface area (Å²) in [5, 5.41) is 54.8. The summed E-state index contributed by atoms with van der Waals surface area (Å²) in [5.74, 6) is -0.134. The second-order valence-electron chi connectivity index (χ2n) is 23.6. The van der Waals surface area contributed by atoms with E-state index in [1.165, 1.54) is 289 Å². The zero-order valence-electron chi connectivity index (χ0n) is 49.4. The van der Waals surface area contributed by atoms with E-state index in [1.807, 2.05) is 0 Å². The summed E-state index contributed by atoms with van der Waals surface area (Å²) in [7, 11) is 0. The summed E-state index contributed by atoms with van der Waals surface area (Å²) < 4.78 is 11.3. The van der Waals surface area contributed by atoms with Gasteiger partial charge in [0.05, 0.1) is 25.4 Å². The maximum absolute atomic E-state index is 13.1. The van der Waals surface area contributed by atoms with Crippen molar-refractivity contribution in [2.45, 2.75) is 397 Å². The Hall–Kier alpha value is -0.810. The molecular formula is C65H129NO8. The van der Waals surface area contributed by atoms with Crippen molar-refractivity contribution in [1.82, 2.24) is 5.32 Å². The highest BCUT2D eigenvalue weighted by Gasteiger charge is 2.44. The highest BCUT2D eigenvalue weighted by atomic mass is 16.7. The fraction of sp³-hybridized carbons (Fsp3) is 0.985. The van der Waals surface area contributed by atoms with Crippen molar-refractivity contribution < 1.29 is 39.8 Å². The van der Waals surface area contributed by atoms with E-state index in [-0.39, 0.29) is 12.5 Å². The molecule has 0 spiro atoms. The maximum atomic E-state index is 13.1. The van der Waals surface area contributed by atoms with Gasteiger partial charge in [-0.25, -0.2) is 0 Å². The largest absolute Gasteiger partial charge is 0.394 e. The Morgan fingerprint density at radius 2 is 0.676 bits per heavy atom. The average molecular weight is 1050 g/mol. The minimum Gasteiger partial charge on any atom is -0.394 e. The lowest BCUT2D eigenvalue weighted by Gasteiger charge is -2.40. The number of hydrogen-bond acceptors (Lipinski definition) is 8. The van der Waals surface area contributed by atoms with Crippen molar-refractivity contribution in [2.75, 3.05) is 13.2 Å². The van der Waals surface area contributed by atoms with Crippen LogP contribution in [-0.4, -0.2) is 87.5 Å². The smallest absolute Gasteiger partial charge is 0.220 e. The molecule has 1 heterocycles. The topological polar surface area (TPSA) is 149 Å². The molecule has 9 heteroatoms. The molecule has 0 radical (unpaired) electrons. The van der Waals surface area contributed by atoms with Crippen molar-refractivity contribution >= 4 is 5.91 Å². The van der Waals surface area contributed by atoms with Gasteiger partial charge in [0.2, 0.25) is 5.91 Å². The van der Waals surface area contributed by atoms with Crippen molar-refractivity contribution in [3.8, 4) is 0 Å². The minimum absolute atomic E-state index is 0.131. The van der Waals surface area contributed by atoms with E-state index < -0.39 is 49.5 Å². The van der Waals surface area contributed by atoms with E-state index in [2.05, 4.69) is 19.2 Å². The number of aliphatic hydroxyl groups is 5. The number of rotatable bonds is 59. The first-order valence-corrected chi connectivity index (χ1v) is 33.2. The summed E-state index contributed by atoms with van der Waals surface area (Å²) in [6, 6.07) is -0.714. The van der Waals surface area contributed by atoms with Gasteiger partial charge in [-0.05, 0) is 12.8 Å². The monoisotopic (exact) mass is 1050 g/mol. The highest BCUT2D eigenvalue weighted by Crippen LogP contribution is 2.24. The molecule has 0 aromatic carbocycles. The molecule has 0 saturated carbocycles. The summed E-state index contributed by atoms with van der Waals surface area (Å²) in [6.45, 7) is 3.90. The molecular weight excluding hydrogens is 923 g/mol. The Morgan fingerprint density at radius 3 is 0.959 bits per heavy atom. The summed E-state index contributed by atoms with van der Waals surface area (Å²) in [4.78, 5) is 13.1. The predicted molar refractivity (Wildman–Crippen MR) is 314 cm³/mol. The molecule has 0 aromatic rings. The number of ether oxygens (including phenoxy) is 2. The van der Waals surface area contributed by atoms with Crippen LogP contribution in [0, 0.1) is 0 Å². The van der Waals surface area contributed by atoms with Crippen LogP contribution in [0.4, 0.5) is 0 Å². The lowest BCUT2D eigenvalue weighted by Crippen LogP contribution is -2.60. The predicted octanol–water partition coefficient (Wildman–Crippen LogP) is 17.4. The Kier molecular flexibility index (Phi) is 53.4. The number of carbonyl (C=O) groups is 1. The third-order valence-corrected chi connectivity index (χ3v) is 16.5. The fourth-order valence-corrected chi connectivity index (χ4v) is 11.2. The van der Waals surface area contributed by atoms with Gasteiger partial charge in [-0.3, -0.25) is 4.79 Å². The van der Waals surface area contributed by atoms with Crippen molar-refractivity contribution in [3.63, 3.8) is 0 Å². The summed E-state index contributed by atoms with van der Waals surface area (Å²) in [5.41, 5.74) is 0. The lowest BCUT2D eigenvalue weighted by molar-refractivity contribution is -0.302. The van der Waals surface area contributed by atoms with Crippen molar-refractivity contribution in [3.05, 3.63) is 0 Å².